The lowest BCUT2D eigenvalue weighted by Crippen LogP contribution is -2.38. The highest BCUT2D eigenvalue weighted by Crippen LogP contribution is 2.52. The molecule has 0 N–H and O–H groups in total. The maximum absolute atomic E-state index is 11.8. The zero-order chi connectivity index (χ0) is 11.3. The second-order valence-corrected chi connectivity index (χ2v) is 4.61. The van der Waals surface area contributed by atoms with E-state index in [-0.39, 0.29) is 12.5 Å². The van der Waals surface area contributed by atoms with Crippen molar-refractivity contribution in [3.8, 4) is 0 Å². The van der Waals surface area contributed by atoms with Gasteiger partial charge >= 0.3 is 11.9 Å². The Kier molecular flexibility index (Phi) is 1.93. The quantitative estimate of drug-likeness (QED) is 0.388. The minimum absolute atomic E-state index is 0.206. The lowest BCUT2D eigenvalue weighted by molar-refractivity contribution is -0.162. The number of cyclic esters (lactones) is 2. The van der Waals surface area contributed by atoms with Crippen molar-refractivity contribution < 1.29 is 19.1 Å². The fourth-order valence-corrected chi connectivity index (χ4v) is 2.53. The van der Waals surface area contributed by atoms with Gasteiger partial charge in [-0.05, 0) is 20.3 Å². The van der Waals surface area contributed by atoms with Crippen molar-refractivity contribution in [2.45, 2.75) is 25.9 Å². The molecule has 2 fully saturated rings. The summed E-state index contributed by atoms with van der Waals surface area (Å²) in [5.41, 5.74) is -1.77. The first-order valence-corrected chi connectivity index (χ1v) is 4.96. The summed E-state index contributed by atoms with van der Waals surface area (Å²) in [6, 6.07) is 0. The van der Waals surface area contributed by atoms with Crippen molar-refractivity contribution in [3.63, 3.8) is 0 Å². The van der Waals surface area contributed by atoms with Gasteiger partial charge in [-0.3, -0.25) is 9.59 Å². The fraction of sp³-hybridized carbons (Fsp3) is 0.636. The van der Waals surface area contributed by atoms with E-state index in [2.05, 4.69) is 6.58 Å². The summed E-state index contributed by atoms with van der Waals surface area (Å²) in [7, 11) is 0. The molecular formula is C11H14O4. The van der Waals surface area contributed by atoms with Crippen molar-refractivity contribution in [1.29, 1.82) is 0 Å². The highest BCUT2D eigenvalue weighted by molar-refractivity contribution is 6.03. The maximum atomic E-state index is 11.8. The predicted octanol–water partition coefficient (Wildman–Crippen LogP) is 1.06. The molecule has 2 aliphatic rings. The van der Waals surface area contributed by atoms with Crippen LogP contribution in [-0.4, -0.2) is 24.1 Å². The Morgan fingerprint density at radius 3 is 2.73 bits per heavy atom. The topological polar surface area (TPSA) is 52.6 Å². The fourth-order valence-electron chi connectivity index (χ4n) is 2.53. The third kappa shape index (κ3) is 1.07. The molecule has 0 unspecified atom stereocenters. The van der Waals surface area contributed by atoms with E-state index in [0.29, 0.717) is 6.42 Å². The summed E-state index contributed by atoms with van der Waals surface area (Å²) in [6.07, 6.45) is 1.86. The predicted molar refractivity (Wildman–Crippen MR) is 51.9 cm³/mol. The van der Waals surface area contributed by atoms with Gasteiger partial charge in [-0.2, -0.15) is 0 Å². The number of allylic oxidation sites excluding steroid dienone is 1. The van der Waals surface area contributed by atoms with Gasteiger partial charge in [-0.25, -0.2) is 0 Å². The second kappa shape index (κ2) is 2.84. The molecule has 2 rings (SSSR count). The van der Waals surface area contributed by atoms with Gasteiger partial charge in [-0.15, -0.1) is 6.58 Å². The number of fused-ring (bicyclic) bond motifs is 1. The zero-order valence-electron chi connectivity index (χ0n) is 8.91. The van der Waals surface area contributed by atoms with Crippen molar-refractivity contribution in [2.75, 3.05) is 6.61 Å². The van der Waals surface area contributed by atoms with Gasteiger partial charge in [0.25, 0.3) is 0 Å². The zero-order valence-corrected chi connectivity index (χ0v) is 8.91. The van der Waals surface area contributed by atoms with Crippen molar-refractivity contribution in [3.05, 3.63) is 12.7 Å². The lowest BCUT2D eigenvalue weighted by Gasteiger charge is -2.23. The molecule has 0 saturated carbocycles. The molecule has 2 atom stereocenters. The summed E-state index contributed by atoms with van der Waals surface area (Å²) < 4.78 is 10.2. The number of ether oxygens (including phenoxy) is 2. The van der Waals surface area contributed by atoms with Gasteiger partial charge in [0.05, 0.1) is 12.5 Å². The summed E-state index contributed by atoms with van der Waals surface area (Å²) >= 11 is 0. The molecule has 0 radical (unpaired) electrons. The monoisotopic (exact) mass is 210 g/mol. The summed E-state index contributed by atoms with van der Waals surface area (Å²) in [5, 5.41) is 0. The van der Waals surface area contributed by atoms with Gasteiger partial charge in [0.1, 0.15) is 5.60 Å². The minimum Gasteiger partial charge on any atom is -0.464 e. The van der Waals surface area contributed by atoms with Crippen LogP contribution in [-0.2, 0) is 19.1 Å². The van der Waals surface area contributed by atoms with Crippen LogP contribution in [0.1, 0.15) is 20.3 Å². The van der Waals surface area contributed by atoms with Crippen molar-refractivity contribution in [2.24, 2.45) is 11.3 Å². The molecule has 0 aliphatic carbocycles. The van der Waals surface area contributed by atoms with Crippen molar-refractivity contribution >= 4 is 11.9 Å². The number of carbonyl (C=O) groups excluding carboxylic acids is 2. The van der Waals surface area contributed by atoms with Crippen LogP contribution in [0.15, 0.2) is 12.7 Å². The van der Waals surface area contributed by atoms with Gasteiger partial charge in [-0.1, -0.05) is 6.08 Å². The van der Waals surface area contributed by atoms with E-state index < -0.39 is 23.0 Å². The number of rotatable bonds is 2. The number of esters is 2. The molecule has 0 spiro atoms. The Hall–Kier alpha value is -1.32. The number of carbonyl (C=O) groups is 2. The van der Waals surface area contributed by atoms with E-state index in [1.54, 1.807) is 6.08 Å². The van der Waals surface area contributed by atoms with Crippen LogP contribution in [0, 0.1) is 11.3 Å². The average molecular weight is 210 g/mol. The Morgan fingerprint density at radius 1 is 1.47 bits per heavy atom. The summed E-state index contributed by atoms with van der Waals surface area (Å²) in [6.45, 7) is 7.45. The van der Waals surface area contributed by atoms with E-state index in [9.17, 15) is 9.59 Å². The molecule has 0 aromatic carbocycles. The van der Waals surface area contributed by atoms with E-state index in [1.807, 2.05) is 13.8 Å². The highest BCUT2D eigenvalue weighted by atomic mass is 16.6. The van der Waals surface area contributed by atoms with Crippen LogP contribution in [0.4, 0.5) is 0 Å². The minimum atomic E-state index is -1.13. The van der Waals surface area contributed by atoms with E-state index in [4.69, 9.17) is 9.47 Å². The van der Waals surface area contributed by atoms with Crippen LogP contribution in [0.2, 0.25) is 0 Å². The second-order valence-electron chi connectivity index (χ2n) is 4.61. The average Bonchev–Trinajstić information content (AvgIpc) is 2.53. The number of hydrogen-bond donors (Lipinski definition) is 0. The Labute approximate surface area is 88.2 Å². The normalized spacial score (nSPS) is 37.1. The maximum Gasteiger partial charge on any atom is 0.324 e. The summed E-state index contributed by atoms with van der Waals surface area (Å²) in [5.74, 6) is -1.15. The molecule has 0 aromatic heterocycles. The van der Waals surface area contributed by atoms with Crippen LogP contribution in [0.25, 0.3) is 0 Å². The third-order valence-electron chi connectivity index (χ3n) is 3.37. The van der Waals surface area contributed by atoms with E-state index in [1.165, 1.54) is 0 Å². The first-order valence-electron chi connectivity index (χ1n) is 4.96. The first kappa shape index (κ1) is 10.2. The Balaban J connectivity index is 2.49. The molecule has 2 aliphatic heterocycles. The molecule has 0 bridgehead atoms. The van der Waals surface area contributed by atoms with Gasteiger partial charge in [0.15, 0.2) is 5.41 Å². The first-order chi connectivity index (χ1) is 6.95. The smallest absolute Gasteiger partial charge is 0.324 e. The van der Waals surface area contributed by atoms with Crippen LogP contribution in [0.3, 0.4) is 0 Å². The van der Waals surface area contributed by atoms with Gasteiger partial charge in [0.2, 0.25) is 0 Å². The molecule has 0 aromatic rings. The molecule has 4 nitrogen and oxygen atoms in total. The van der Waals surface area contributed by atoms with Crippen molar-refractivity contribution in [1.82, 2.24) is 0 Å². The molecule has 2 saturated heterocycles. The van der Waals surface area contributed by atoms with Gasteiger partial charge in [0, 0.05) is 0 Å². The molecule has 4 heteroatoms. The summed E-state index contributed by atoms with van der Waals surface area (Å²) in [4.78, 5) is 23.5. The molecule has 2 heterocycles. The largest absolute Gasteiger partial charge is 0.464 e. The van der Waals surface area contributed by atoms with E-state index >= 15 is 0 Å². The van der Waals surface area contributed by atoms with Crippen LogP contribution in [0.5, 0.6) is 0 Å². The van der Waals surface area contributed by atoms with Crippen LogP contribution < -0.4 is 0 Å². The molecular weight excluding hydrogens is 196 g/mol. The Bertz CT molecular complexity index is 344. The standard InChI is InChI=1S/C11H14O4/c1-4-5-11-7(6-14-8(11)12)10(2,3)15-9(11)13/h4,7H,1,5-6H2,2-3H3/t7-,11+/m1/s1. The van der Waals surface area contributed by atoms with E-state index in [0.717, 1.165) is 0 Å². The number of hydrogen-bond acceptors (Lipinski definition) is 4. The SMILES string of the molecule is C=CC[C@@]12C(=O)OC[C@@H]1C(C)(C)OC2=O. The third-order valence-corrected chi connectivity index (χ3v) is 3.37. The van der Waals surface area contributed by atoms with Crippen LogP contribution >= 0.6 is 0 Å². The highest BCUT2D eigenvalue weighted by Gasteiger charge is 2.69. The Morgan fingerprint density at radius 2 is 2.13 bits per heavy atom. The molecule has 15 heavy (non-hydrogen) atoms. The van der Waals surface area contributed by atoms with Gasteiger partial charge < -0.3 is 9.47 Å². The molecule has 0 amide bonds. The molecule has 82 valence electrons. The lowest BCUT2D eigenvalue weighted by atomic mass is 9.71.